The van der Waals surface area contributed by atoms with Crippen molar-refractivity contribution in [2.24, 2.45) is 4.99 Å². The van der Waals surface area contributed by atoms with Crippen LogP contribution in [0.15, 0.2) is 4.99 Å². The molecule has 108 valence electrons. The maximum atomic E-state index is 5.47. The minimum atomic E-state index is 0.298. The van der Waals surface area contributed by atoms with E-state index in [0.29, 0.717) is 12.7 Å². The molecule has 0 bridgehead atoms. The Morgan fingerprint density at radius 1 is 1.17 bits per heavy atom. The SMILES string of the molecule is CCNC(=NCCCOC(C)C)NCCOCC. The monoisotopic (exact) mass is 259 g/mol. The third kappa shape index (κ3) is 11.7. The molecule has 0 unspecified atom stereocenters. The highest BCUT2D eigenvalue weighted by molar-refractivity contribution is 5.79. The molecular weight excluding hydrogens is 230 g/mol. The van der Waals surface area contributed by atoms with Gasteiger partial charge in [-0.3, -0.25) is 4.99 Å². The van der Waals surface area contributed by atoms with Gasteiger partial charge < -0.3 is 20.1 Å². The molecule has 0 saturated carbocycles. The molecule has 0 saturated heterocycles. The van der Waals surface area contributed by atoms with Crippen LogP contribution in [-0.2, 0) is 9.47 Å². The average Bonchev–Trinajstić information content (AvgIpc) is 2.33. The average molecular weight is 259 g/mol. The topological polar surface area (TPSA) is 54.9 Å². The lowest BCUT2D eigenvalue weighted by Gasteiger charge is -2.11. The maximum Gasteiger partial charge on any atom is 0.191 e. The van der Waals surface area contributed by atoms with Gasteiger partial charge in [0.25, 0.3) is 0 Å². The van der Waals surface area contributed by atoms with E-state index in [1.807, 2.05) is 20.8 Å². The fourth-order valence-electron chi connectivity index (χ4n) is 1.30. The molecule has 0 aliphatic carbocycles. The summed E-state index contributed by atoms with van der Waals surface area (Å²) < 4.78 is 10.7. The summed E-state index contributed by atoms with van der Waals surface area (Å²) in [6.45, 7) is 12.8. The first-order chi connectivity index (χ1) is 8.70. The Morgan fingerprint density at radius 2 is 1.94 bits per heavy atom. The van der Waals surface area contributed by atoms with E-state index in [4.69, 9.17) is 9.47 Å². The van der Waals surface area contributed by atoms with Gasteiger partial charge in [-0.1, -0.05) is 0 Å². The van der Waals surface area contributed by atoms with Gasteiger partial charge in [-0.25, -0.2) is 0 Å². The Kier molecular flexibility index (Phi) is 12.1. The molecule has 5 heteroatoms. The number of aliphatic imine (C=N–C) groups is 1. The summed E-state index contributed by atoms with van der Waals surface area (Å²) >= 11 is 0. The maximum absolute atomic E-state index is 5.47. The predicted octanol–water partition coefficient (Wildman–Crippen LogP) is 1.39. The second kappa shape index (κ2) is 12.6. The van der Waals surface area contributed by atoms with E-state index in [0.717, 1.165) is 45.2 Å². The van der Waals surface area contributed by atoms with Gasteiger partial charge in [-0.2, -0.15) is 0 Å². The van der Waals surface area contributed by atoms with Gasteiger partial charge in [-0.15, -0.1) is 0 Å². The van der Waals surface area contributed by atoms with Crippen molar-refractivity contribution in [1.29, 1.82) is 0 Å². The number of guanidine groups is 1. The molecule has 0 atom stereocenters. The van der Waals surface area contributed by atoms with Crippen molar-refractivity contribution >= 4 is 5.96 Å². The van der Waals surface area contributed by atoms with Gasteiger partial charge >= 0.3 is 0 Å². The molecular formula is C13H29N3O2. The second-order valence-corrected chi connectivity index (χ2v) is 4.16. The Morgan fingerprint density at radius 3 is 2.56 bits per heavy atom. The van der Waals surface area contributed by atoms with Gasteiger partial charge in [0.2, 0.25) is 0 Å². The third-order valence-electron chi connectivity index (χ3n) is 2.11. The Labute approximate surface area is 111 Å². The standard InChI is InChI=1S/C13H29N3O2/c1-5-14-13(16-9-11-17-6-2)15-8-7-10-18-12(3)4/h12H,5-11H2,1-4H3,(H2,14,15,16). The zero-order valence-electron chi connectivity index (χ0n) is 12.3. The van der Waals surface area contributed by atoms with Gasteiger partial charge in [0.1, 0.15) is 0 Å². The van der Waals surface area contributed by atoms with Crippen molar-refractivity contribution in [3.05, 3.63) is 0 Å². The molecule has 2 N–H and O–H groups in total. The summed E-state index contributed by atoms with van der Waals surface area (Å²) in [7, 11) is 0. The molecule has 0 aromatic carbocycles. The highest BCUT2D eigenvalue weighted by Gasteiger charge is 1.96. The molecule has 18 heavy (non-hydrogen) atoms. The molecule has 0 aliphatic heterocycles. The summed E-state index contributed by atoms with van der Waals surface area (Å²) in [5.74, 6) is 0.849. The summed E-state index contributed by atoms with van der Waals surface area (Å²) in [6.07, 6.45) is 1.24. The third-order valence-corrected chi connectivity index (χ3v) is 2.11. The number of nitrogens with zero attached hydrogens (tertiary/aromatic N) is 1. The molecule has 5 nitrogen and oxygen atoms in total. The number of nitrogens with one attached hydrogen (secondary N) is 2. The first-order valence-electron chi connectivity index (χ1n) is 6.92. The lowest BCUT2D eigenvalue weighted by molar-refractivity contribution is 0.0782. The highest BCUT2D eigenvalue weighted by Crippen LogP contribution is 1.90. The van der Waals surface area contributed by atoms with Crippen LogP contribution in [0.5, 0.6) is 0 Å². The molecule has 0 radical (unpaired) electrons. The fourth-order valence-corrected chi connectivity index (χ4v) is 1.30. The number of ether oxygens (including phenoxy) is 2. The highest BCUT2D eigenvalue weighted by atomic mass is 16.5. The van der Waals surface area contributed by atoms with E-state index in [9.17, 15) is 0 Å². The number of rotatable bonds is 10. The van der Waals surface area contributed by atoms with Crippen LogP contribution < -0.4 is 10.6 Å². The van der Waals surface area contributed by atoms with E-state index < -0.39 is 0 Å². The molecule has 0 aromatic rings. The normalized spacial score (nSPS) is 11.9. The Bertz CT molecular complexity index is 208. The van der Waals surface area contributed by atoms with E-state index in [-0.39, 0.29) is 0 Å². The largest absolute Gasteiger partial charge is 0.380 e. The van der Waals surface area contributed by atoms with E-state index in [1.54, 1.807) is 0 Å². The zero-order chi connectivity index (χ0) is 13.6. The van der Waals surface area contributed by atoms with Crippen molar-refractivity contribution in [1.82, 2.24) is 10.6 Å². The van der Waals surface area contributed by atoms with Crippen molar-refractivity contribution in [3.63, 3.8) is 0 Å². The Hall–Kier alpha value is -0.810. The second-order valence-electron chi connectivity index (χ2n) is 4.16. The van der Waals surface area contributed by atoms with Gasteiger partial charge in [0.05, 0.1) is 12.7 Å². The van der Waals surface area contributed by atoms with E-state index in [2.05, 4.69) is 22.5 Å². The minimum absolute atomic E-state index is 0.298. The van der Waals surface area contributed by atoms with Crippen molar-refractivity contribution in [2.45, 2.75) is 40.2 Å². The quantitative estimate of drug-likeness (QED) is 0.354. The van der Waals surface area contributed by atoms with E-state index in [1.165, 1.54) is 0 Å². The molecule has 0 aliphatic rings. The summed E-state index contributed by atoms with van der Waals surface area (Å²) in [4.78, 5) is 4.47. The summed E-state index contributed by atoms with van der Waals surface area (Å²) in [5.41, 5.74) is 0. The Balaban J connectivity index is 3.70. The predicted molar refractivity (Wildman–Crippen MR) is 76.2 cm³/mol. The molecule has 0 heterocycles. The van der Waals surface area contributed by atoms with Crippen LogP contribution in [-0.4, -0.2) is 51.5 Å². The van der Waals surface area contributed by atoms with Crippen LogP contribution in [0.4, 0.5) is 0 Å². The van der Waals surface area contributed by atoms with Crippen LogP contribution in [0.1, 0.15) is 34.1 Å². The van der Waals surface area contributed by atoms with Crippen LogP contribution in [0, 0.1) is 0 Å². The van der Waals surface area contributed by atoms with Crippen molar-refractivity contribution in [2.75, 3.05) is 39.5 Å². The van der Waals surface area contributed by atoms with Gasteiger partial charge in [-0.05, 0) is 34.1 Å². The van der Waals surface area contributed by atoms with Gasteiger partial charge in [0, 0.05) is 32.8 Å². The van der Waals surface area contributed by atoms with Crippen molar-refractivity contribution in [3.8, 4) is 0 Å². The number of hydrogen-bond acceptors (Lipinski definition) is 3. The smallest absolute Gasteiger partial charge is 0.191 e. The fraction of sp³-hybridized carbons (Fsp3) is 0.923. The molecule has 0 fully saturated rings. The molecule has 0 aromatic heterocycles. The first kappa shape index (κ1) is 17.2. The van der Waals surface area contributed by atoms with Crippen LogP contribution in [0.3, 0.4) is 0 Å². The molecule has 0 rings (SSSR count). The van der Waals surface area contributed by atoms with E-state index >= 15 is 0 Å². The molecule has 0 amide bonds. The first-order valence-corrected chi connectivity index (χ1v) is 6.92. The van der Waals surface area contributed by atoms with Crippen LogP contribution in [0.2, 0.25) is 0 Å². The van der Waals surface area contributed by atoms with Gasteiger partial charge in [0.15, 0.2) is 5.96 Å². The minimum Gasteiger partial charge on any atom is -0.380 e. The lowest BCUT2D eigenvalue weighted by atomic mass is 10.4. The molecule has 0 spiro atoms. The number of hydrogen-bond donors (Lipinski definition) is 2. The summed E-state index contributed by atoms with van der Waals surface area (Å²) in [5, 5.41) is 6.43. The van der Waals surface area contributed by atoms with Crippen LogP contribution >= 0.6 is 0 Å². The van der Waals surface area contributed by atoms with Crippen LogP contribution in [0.25, 0.3) is 0 Å². The summed E-state index contributed by atoms with van der Waals surface area (Å²) in [6, 6.07) is 0. The zero-order valence-corrected chi connectivity index (χ0v) is 12.3. The lowest BCUT2D eigenvalue weighted by Crippen LogP contribution is -2.39. The van der Waals surface area contributed by atoms with Crippen molar-refractivity contribution < 1.29 is 9.47 Å².